The maximum atomic E-state index is 10.8. The number of nitrogens with zero attached hydrogens (tertiary/aromatic N) is 6. The fraction of sp³-hybridized carbons (Fsp3) is 0.0377. The van der Waals surface area contributed by atoms with Gasteiger partial charge in [-0.2, -0.15) is 5.26 Å². The quantitative estimate of drug-likeness (QED) is 0.162. The van der Waals surface area contributed by atoms with Crippen LogP contribution in [-0.4, -0.2) is 24.5 Å². The van der Waals surface area contributed by atoms with E-state index in [1.165, 1.54) is 0 Å². The van der Waals surface area contributed by atoms with Crippen molar-refractivity contribution in [2.45, 2.75) is 13.8 Å². The monoisotopic (exact) mass is 756 g/mol. The minimum atomic E-state index is 0.441. The highest BCUT2D eigenvalue weighted by Gasteiger charge is 2.25. The van der Waals surface area contributed by atoms with Crippen LogP contribution in [0.5, 0.6) is 0 Å². The van der Waals surface area contributed by atoms with E-state index in [4.69, 9.17) is 19.9 Å². The molecule has 0 aliphatic rings. The van der Waals surface area contributed by atoms with E-state index in [0.717, 1.165) is 83.6 Å². The standard InChI is InChI=1S/C53H36N6/c1-34-23-25-49-41(27-34)42-28-35(2)24-26-50(42)59(49)51-43(52-55-45(37-15-7-3-8-16-37)31-46(56-52)38-17-9-4-10-18-38)29-36(33-54)30-44(51)53-57-47(39-19-11-5-12-20-39)32-48(58-53)40-21-13-6-14-22-40/h3-32H,1-2H3. The van der Waals surface area contributed by atoms with Crippen LogP contribution in [0.2, 0.25) is 0 Å². The summed E-state index contributed by atoms with van der Waals surface area (Å²) in [5, 5.41) is 13.0. The minimum Gasteiger partial charge on any atom is -0.308 e. The molecule has 0 saturated carbocycles. The minimum absolute atomic E-state index is 0.441. The molecule has 7 aromatic carbocycles. The SMILES string of the molecule is Cc1ccc2c(c1)c1cc(C)ccc1n2-c1c(-c2nc(-c3ccccc3)cc(-c3ccccc3)n2)cc(C#N)cc1-c1nc(-c2ccccc2)cc(-c2ccccc2)n1. The predicted molar refractivity (Wildman–Crippen MR) is 239 cm³/mol. The summed E-state index contributed by atoms with van der Waals surface area (Å²) >= 11 is 0. The molecule has 0 radical (unpaired) electrons. The molecule has 0 fully saturated rings. The molecule has 0 unspecified atom stereocenters. The Balaban J connectivity index is 1.37. The first-order valence-corrected chi connectivity index (χ1v) is 19.6. The van der Waals surface area contributed by atoms with Gasteiger partial charge in [0.1, 0.15) is 0 Å². The second-order valence-corrected chi connectivity index (χ2v) is 14.8. The maximum absolute atomic E-state index is 10.8. The summed E-state index contributed by atoms with van der Waals surface area (Å²) in [5.41, 5.74) is 13.8. The average molecular weight is 757 g/mol. The van der Waals surface area contributed by atoms with Crippen LogP contribution in [0.3, 0.4) is 0 Å². The van der Waals surface area contributed by atoms with Crippen LogP contribution >= 0.6 is 0 Å². The van der Waals surface area contributed by atoms with Crippen LogP contribution in [0.25, 0.3) is 95.3 Å². The first kappa shape index (κ1) is 35.4. The van der Waals surface area contributed by atoms with Crippen LogP contribution in [0.15, 0.2) is 182 Å². The summed E-state index contributed by atoms with van der Waals surface area (Å²) in [6, 6.07) is 64.1. The smallest absolute Gasteiger partial charge is 0.162 e. The number of hydrogen-bond acceptors (Lipinski definition) is 5. The van der Waals surface area contributed by atoms with Gasteiger partial charge in [-0.3, -0.25) is 0 Å². The Morgan fingerprint density at radius 3 is 1.07 bits per heavy atom. The number of hydrogen-bond donors (Lipinski definition) is 0. The van der Waals surface area contributed by atoms with E-state index >= 15 is 0 Å². The van der Waals surface area contributed by atoms with Gasteiger partial charge in [0.2, 0.25) is 0 Å². The van der Waals surface area contributed by atoms with Gasteiger partial charge in [-0.15, -0.1) is 0 Å². The molecule has 10 rings (SSSR count). The lowest BCUT2D eigenvalue weighted by Gasteiger charge is -2.20. The molecule has 3 heterocycles. The molecule has 0 aliphatic heterocycles. The van der Waals surface area contributed by atoms with Crippen molar-refractivity contribution in [1.29, 1.82) is 5.26 Å². The van der Waals surface area contributed by atoms with E-state index in [9.17, 15) is 5.26 Å². The van der Waals surface area contributed by atoms with E-state index < -0.39 is 0 Å². The van der Waals surface area contributed by atoms with Gasteiger partial charge in [-0.1, -0.05) is 145 Å². The van der Waals surface area contributed by atoms with Crippen molar-refractivity contribution in [3.05, 3.63) is 199 Å². The zero-order chi connectivity index (χ0) is 39.9. The third-order valence-corrected chi connectivity index (χ3v) is 10.8. The van der Waals surface area contributed by atoms with Gasteiger partial charge < -0.3 is 4.57 Å². The summed E-state index contributed by atoms with van der Waals surface area (Å²) in [7, 11) is 0. The molecule has 0 aliphatic carbocycles. The van der Waals surface area contributed by atoms with E-state index in [-0.39, 0.29) is 0 Å². The number of benzene rings is 7. The van der Waals surface area contributed by atoms with Crippen molar-refractivity contribution in [1.82, 2.24) is 24.5 Å². The lowest BCUT2D eigenvalue weighted by molar-refractivity contribution is 1.12. The Morgan fingerprint density at radius 1 is 0.407 bits per heavy atom. The molecule has 6 nitrogen and oxygen atoms in total. The van der Waals surface area contributed by atoms with Crippen LogP contribution in [-0.2, 0) is 0 Å². The van der Waals surface area contributed by atoms with Gasteiger partial charge >= 0.3 is 0 Å². The van der Waals surface area contributed by atoms with E-state index in [1.54, 1.807) is 0 Å². The van der Waals surface area contributed by atoms with Crippen molar-refractivity contribution < 1.29 is 0 Å². The van der Waals surface area contributed by atoms with Gasteiger partial charge in [0, 0.05) is 44.2 Å². The number of aryl methyl sites for hydroxylation is 2. The van der Waals surface area contributed by atoms with Gasteiger partial charge in [0.25, 0.3) is 0 Å². The highest BCUT2D eigenvalue weighted by atomic mass is 15.0. The van der Waals surface area contributed by atoms with Crippen molar-refractivity contribution >= 4 is 21.8 Å². The topological polar surface area (TPSA) is 80.3 Å². The number of fused-ring (bicyclic) bond motifs is 3. The second-order valence-electron chi connectivity index (χ2n) is 14.8. The summed E-state index contributed by atoms with van der Waals surface area (Å²) in [6.45, 7) is 4.25. The van der Waals surface area contributed by atoms with E-state index in [0.29, 0.717) is 28.3 Å². The largest absolute Gasteiger partial charge is 0.308 e. The molecule has 0 N–H and O–H groups in total. The zero-order valence-corrected chi connectivity index (χ0v) is 32.5. The average Bonchev–Trinajstić information content (AvgIpc) is 3.61. The molecule has 0 spiro atoms. The van der Waals surface area contributed by atoms with Crippen molar-refractivity contribution in [2.75, 3.05) is 0 Å². The van der Waals surface area contributed by atoms with Gasteiger partial charge in [-0.25, -0.2) is 19.9 Å². The third-order valence-electron chi connectivity index (χ3n) is 10.8. The summed E-state index contributed by atoms with van der Waals surface area (Å²) in [4.78, 5) is 21.3. The normalized spacial score (nSPS) is 11.2. The molecule has 0 bridgehead atoms. The zero-order valence-electron chi connectivity index (χ0n) is 32.5. The van der Waals surface area contributed by atoms with Gasteiger partial charge in [0.05, 0.1) is 51.1 Å². The number of rotatable bonds is 7. The first-order valence-electron chi connectivity index (χ1n) is 19.6. The fourth-order valence-electron chi connectivity index (χ4n) is 7.94. The summed E-state index contributed by atoms with van der Waals surface area (Å²) in [6.07, 6.45) is 0. The fourth-order valence-corrected chi connectivity index (χ4v) is 7.94. The van der Waals surface area contributed by atoms with Crippen LogP contribution in [0.4, 0.5) is 0 Å². The number of nitriles is 1. The molecule has 0 amide bonds. The Morgan fingerprint density at radius 2 is 0.746 bits per heavy atom. The van der Waals surface area contributed by atoms with Crippen molar-refractivity contribution in [2.24, 2.45) is 0 Å². The molecular weight excluding hydrogens is 721 g/mol. The van der Waals surface area contributed by atoms with Crippen molar-refractivity contribution in [3.63, 3.8) is 0 Å². The summed E-state index contributed by atoms with van der Waals surface area (Å²) in [5.74, 6) is 0.963. The van der Waals surface area contributed by atoms with Crippen molar-refractivity contribution in [3.8, 4) is 79.6 Å². The van der Waals surface area contributed by atoms with Crippen LogP contribution < -0.4 is 0 Å². The van der Waals surface area contributed by atoms with Crippen LogP contribution in [0.1, 0.15) is 16.7 Å². The molecule has 0 atom stereocenters. The Bertz CT molecular complexity index is 2900. The van der Waals surface area contributed by atoms with Crippen LogP contribution in [0, 0.1) is 25.2 Å². The van der Waals surface area contributed by atoms with E-state index in [1.807, 2.05) is 97.1 Å². The highest BCUT2D eigenvalue weighted by Crippen LogP contribution is 2.43. The number of aromatic nitrogens is 5. The lowest BCUT2D eigenvalue weighted by Crippen LogP contribution is -2.06. The summed E-state index contributed by atoms with van der Waals surface area (Å²) < 4.78 is 2.29. The maximum Gasteiger partial charge on any atom is 0.162 e. The Kier molecular flexibility index (Phi) is 8.89. The van der Waals surface area contributed by atoms with Gasteiger partial charge in [-0.05, 0) is 62.4 Å². The third kappa shape index (κ3) is 6.61. The lowest BCUT2D eigenvalue weighted by atomic mass is 9.99. The Labute approximate surface area is 342 Å². The van der Waals surface area contributed by atoms with E-state index in [2.05, 4.69) is 109 Å². The highest BCUT2D eigenvalue weighted by molar-refractivity contribution is 6.11. The molecular formula is C53H36N6. The second kappa shape index (κ2) is 14.8. The van der Waals surface area contributed by atoms with Gasteiger partial charge in [0.15, 0.2) is 11.6 Å². The Hall–Kier alpha value is -8.01. The molecule has 59 heavy (non-hydrogen) atoms. The molecule has 278 valence electrons. The molecule has 10 aromatic rings. The first-order chi connectivity index (χ1) is 29.0. The molecule has 3 aromatic heterocycles. The molecule has 0 saturated heterocycles. The molecule has 6 heteroatoms. The predicted octanol–water partition coefficient (Wildman–Crippen LogP) is 12.9.